The van der Waals surface area contributed by atoms with Gasteiger partial charge in [0.05, 0.1) is 18.4 Å². The Morgan fingerprint density at radius 1 is 1.38 bits per heavy atom. The lowest BCUT2D eigenvalue weighted by molar-refractivity contribution is 0.432. The van der Waals surface area contributed by atoms with E-state index in [1.54, 1.807) is 17.2 Å². The molecule has 3 aromatic rings. The van der Waals surface area contributed by atoms with E-state index in [0.717, 1.165) is 17.0 Å². The summed E-state index contributed by atoms with van der Waals surface area (Å²) in [6.45, 7) is 4.56. The number of nitrogens with zero attached hydrogens (tertiary/aromatic N) is 5. The normalized spacial score (nSPS) is 12.5. The molecule has 0 spiro atoms. The summed E-state index contributed by atoms with van der Waals surface area (Å²) in [5.41, 5.74) is 2.07. The molecule has 0 aliphatic rings. The predicted molar refractivity (Wildman–Crippen MR) is 75.6 cm³/mol. The maximum Gasteiger partial charge on any atom is 0.208 e. The number of nitrogens with one attached hydrogen (secondary N) is 1. The average molecular weight is 284 g/mol. The highest BCUT2D eigenvalue weighted by Crippen LogP contribution is 2.16. The Kier molecular flexibility index (Phi) is 3.74. The summed E-state index contributed by atoms with van der Waals surface area (Å²) in [6.07, 6.45) is 3.30. The van der Waals surface area contributed by atoms with Crippen LogP contribution in [0.3, 0.4) is 0 Å². The highest BCUT2D eigenvalue weighted by atomic mass is 16.4. The maximum atomic E-state index is 5.45. The molecule has 0 aliphatic carbocycles. The minimum atomic E-state index is 0.161. The van der Waals surface area contributed by atoms with Crippen molar-refractivity contribution >= 4 is 0 Å². The second-order valence-corrected chi connectivity index (χ2v) is 4.82. The maximum absolute atomic E-state index is 5.45. The van der Waals surface area contributed by atoms with Gasteiger partial charge in [-0.3, -0.25) is 0 Å². The number of oxazole rings is 1. The lowest BCUT2D eigenvalue weighted by atomic mass is 10.1. The molecular weight excluding hydrogens is 268 g/mol. The van der Waals surface area contributed by atoms with Crippen LogP contribution in [0.4, 0.5) is 0 Å². The van der Waals surface area contributed by atoms with Crippen LogP contribution in [0.2, 0.25) is 0 Å². The number of aromatic nitrogens is 5. The molecule has 0 bridgehead atoms. The van der Waals surface area contributed by atoms with E-state index in [4.69, 9.17) is 4.42 Å². The molecule has 2 heterocycles. The van der Waals surface area contributed by atoms with Crippen LogP contribution in [-0.4, -0.2) is 25.2 Å². The van der Waals surface area contributed by atoms with Crippen molar-refractivity contribution < 1.29 is 4.42 Å². The molecule has 1 aromatic carbocycles. The van der Waals surface area contributed by atoms with Crippen molar-refractivity contribution in [3.8, 4) is 5.69 Å². The Bertz CT molecular complexity index is 706. The van der Waals surface area contributed by atoms with Crippen LogP contribution < -0.4 is 5.32 Å². The van der Waals surface area contributed by atoms with Gasteiger partial charge in [0.1, 0.15) is 12.1 Å². The largest absolute Gasteiger partial charge is 0.445 e. The quantitative estimate of drug-likeness (QED) is 0.769. The lowest BCUT2D eigenvalue weighted by Crippen LogP contribution is -2.18. The van der Waals surface area contributed by atoms with Crippen molar-refractivity contribution in [3.05, 3.63) is 54.0 Å². The average Bonchev–Trinajstić information content (AvgIpc) is 3.16. The van der Waals surface area contributed by atoms with Gasteiger partial charge in [0, 0.05) is 6.04 Å². The number of tetrazole rings is 1. The van der Waals surface area contributed by atoms with Crippen LogP contribution in [0.5, 0.6) is 0 Å². The molecule has 108 valence electrons. The van der Waals surface area contributed by atoms with Crippen molar-refractivity contribution in [2.75, 3.05) is 0 Å². The number of hydrogen-bond acceptors (Lipinski definition) is 6. The SMILES string of the molecule is Cc1cnc(CNC(C)c2cccc(-n3cnnn3)c2)o1. The fourth-order valence-corrected chi connectivity index (χ4v) is 2.06. The smallest absolute Gasteiger partial charge is 0.208 e. The summed E-state index contributed by atoms with van der Waals surface area (Å²) >= 11 is 0. The van der Waals surface area contributed by atoms with Gasteiger partial charge in [-0.1, -0.05) is 12.1 Å². The van der Waals surface area contributed by atoms with Crippen molar-refractivity contribution in [3.63, 3.8) is 0 Å². The fourth-order valence-electron chi connectivity index (χ4n) is 2.06. The third-order valence-corrected chi connectivity index (χ3v) is 3.21. The molecule has 0 aliphatic heterocycles. The van der Waals surface area contributed by atoms with Crippen LogP contribution in [0.1, 0.15) is 30.2 Å². The second kappa shape index (κ2) is 5.84. The summed E-state index contributed by atoms with van der Waals surface area (Å²) in [4.78, 5) is 4.18. The first kappa shape index (κ1) is 13.4. The third-order valence-electron chi connectivity index (χ3n) is 3.21. The Morgan fingerprint density at radius 2 is 2.29 bits per heavy atom. The molecule has 0 saturated heterocycles. The summed E-state index contributed by atoms with van der Waals surface area (Å²) in [5.74, 6) is 1.51. The Morgan fingerprint density at radius 3 is 3.00 bits per heavy atom. The van der Waals surface area contributed by atoms with Crippen LogP contribution in [0.15, 0.2) is 41.2 Å². The van der Waals surface area contributed by atoms with E-state index in [1.165, 1.54) is 0 Å². The number of rotatable bonds is 5. The van der Waals surface area contributed by atoms with E-state index in [0.29, 0.717) is 12.4 Å². The predicted octanol–water partition coefficient (Wildman–Crippen LogP) is 1.81. The first-order valence-corrected chi connectivity index (χ1v) is 6.70. The van der Waals surface area contributed by atoms with Gasteiger partial charge in [-0.25, -0.2) is 9.67 Å². The molecule has 21 heavy (non-hydrogen) atoms. The van der Waals surface area contributed by atoms with Gasteiger partial charge in [0.25, 0.3) is 0 Å². The molecular formula is C14H16N6O. The Labute approximate surface area is 122 Å². The van der Waals surface area contributed by atoms with Crippen LogP contribution in [0, 0.1) is 6.92 Å². The van der Waals surface area contributed by atoms with Gasteiger partial charge in [-0.15, -0.1) is 5.10 Å². The summed E-state index contributed by atoms with van der Waals surface area (Å²) in [6, 6.07) is 8.22. The first-order valence-electron chi connectivity index (χ1n) is 6.70. The summed E-state index contributed by atoms with van der Waals surface area (Å²) in [7, 11) is 0. The van der Waals surface area contributed by atoms with Gasteiger partial charge >= 0.3 is 0 Å². The zero-order valence-electron chi connectivity index (χ0n) is 11.9. The minimum absolute atomic E-state index is 0.161. The topological polar surface area (TPSA) is 81.7 Å². The molecule has 7 nitrogen and oxygen atoms in total. The summed E-state index contributed by atoms with van der Waals surface area (Å²) in [5, 5.41) is 14.6. The van der Waals surface area contributed by atoms with E-state index in [-0.39, 0.29) is 6.04 Å². The third kappa shape index (κ3) is 3.14. The highest BCUT2D eigenvalue weighted by molar-refractivity contribution is 5.35. The second-order valence-electron chi connectivity index (χ2n) is 4.82. The summed E-state index contributed by atoms with van der Waals surface area (Å²) < 4.78 is 7.08. The monoisotopic (exact) mass is 284 g/mol. The molecule has 7 heteroatoms. The molecule has 0 amide bonds. The Balaban J connectivity index is 1.69. The van der Waals surface area contributed by atoms with Crippen LogP contribution in [-0.2, 0) is 6.54 Å². The zero-order chi connectivity index (χ0) is 14.7. The molecule has 1 N–H and O–H groups in total. The van der Waals surface area contributed by atoms with Crippen molar-refractivity contribution in [2.45, 2.75) is 26.4 Å². The zero-order valence-corrected chi connectivity index (χ0v) is 11.9. The van der Waals surface area contributed by atoms with Crippen LogP contribution >= 0.6 is 0 Å². The Hall–Kier alpha value is -2.54. The minimum Gasteiger partial charge on any atom is -0.445 e. The molecule has 2 aromatic heterocycles. The van der Waals surface area contributed by atoms with Gasteiger partial charge < -0.3 is 9.73 Å². The van der Waals surface area contributed by atoms with Crippen LogP contribution in [0.25, 0.3) is 5.69 Å². The van der Waals surface area contributed by atoms with Crippen molar-refractivity contribution in [1.82, 2.24) is 30.5 Å². The molecule has 3 rings (SSSR count). The van der Waals surface area contributed by atoms with Gasteiger partial charge in [-0.2, -0.15) is 0 Å². The van der Waals surface area contributed by atoms with Crippen molar-refractivity contribution in [2.24, 2.45) is 0 Å². The molecule has 0 saturated carbocycles. The molecule has 0 fully saturated rings. The lowest BCUT2D eigenvalue weighted by Gasteiger charge is -2.14. The van der Waals surface area contributed by atoms with E-state index < -0.39 is 0 Å². The van der Waals surface area contributed by atoms with E-state index in [1.807, 2.05) is 19.1 Å². The number of aryl methyl sites for hydroxylation is 1. The van der Waals surface area contributed by atoms with E-state index in [9.17, 15) is 0 Å². The number of hydrogen-bond donors (Lipinski definition) is 1. The standard InChI is InChI=1S/C14H16N6O/c1-10-7-16-14(21-10)8-15-11(2)12-4-3-5-13(6-12)20-9-17-18-19-20/h3-7,9,11,15H,8H2,1-2H3. The van der Waals surface area contributed by atoms with Gasteiger partial charge in [-0.05, 0) is 42.0 Å². The molecule has 0 radical (unpaired) electrons. The fraction of sp³-hybridized carbons (Fsp3) is 0.286. The van der Waals surface area contributed by atoms with E-state index >= 15 is 0 Å². The van der Waals surface area contributed by atoms with Gasteiger partial charge in [0.15, 0.2) is 0 Å². The first-order chi connectivity index (χ1) is 10.2. The molecule has 1 unspecified atom stereocenters. The van der Waals surface area contributed by atoms with Gasteiger partial charge in [0.2, 0.25) is 5.89 Å². The van der Waals surface area contributed by atoms with E-state index in [2.05, 4.69) is 44.9 Å². The number of benzene rings is 1. The van der Waals surface area contributed by atoms with Crippen molar-refractivity contribution in [1.29, 1.82) is 0 Å². The molecule has 1 atom stereocenters. The highest BCUT2D eigenvalue weighted by Gasteiger charge is 2.08.